The third kappa shape index (κ3) is 3.02. The maximum Gasteiger partial charge on any atom is 0.272 e. The Hall–Kier alpha value is -2.02. The van der Waals surface area contributed by atoms with E-state index in [1.54, 1.807) is 6.07 Å². The highest BCUT2D eigenvalue weighted by molar-refractivity contribution is 9.10. The lowest BCUT2D eigenvalue weighted by Crippen LogP contribution is -2.23. The highest BCUT2D eigenvalue weighted by Gasteiger charge is 2.17. The standard InChI is InChI=1S/C14H14BrN3O3/c1-8-4-11(18-17-8)14(19)16-7-9-5-10(15)13-12(6-9)20-2-3-21-13/h4-6H,2-3,7H2,1H3,(H,16,19)(H,17,18). The highest BCUT2D eigenvalue weighted by Crippen LogP contribution is 2.38. The Morgan fingerprint density at radius 3 is 2.95 bits per heavy atom. The molecule has 21 heavy (non-hydrogen) atoms. The Bertz CT molecular complexity index is 684. The predicted octanol–water partition coefficient (Wildman–Crippen LogP) is 2.18. The molecule has 2 N–H and O–H groups in total. The van der Waals surface area contributed by atoms with Gasteiger partial charge < -0.3 is 14.8 Å². The minimum atomic E-state index is -0.217. The van der Waals surface area contributed by atoms with E-state index in [-0.39, 0.29) is 5.91 Å². The van der Waals surface area contributed by atoms with Crippen molar-refractivity contribution in [1.29, 1.82) is 0 Å². The number of hydrogen-bond acceptors (Lipinski definition) is 4. The van der Waals surface area contributed by atoms with Crippen molar-refractivity contribution in [2.24, 2.45) is 0 Å². The van der Waals surface area contributed by atoms with Crippen molar-refractivity contribution < 1.29 is 14.3 Å². The fourth-order valence-electron chi connectivity index (χ4n) is 2.07. The fourth-order valence-corrected chi connectivity index (χ4v) is 2.68. The molecule has 0 aliphatic carbocycles. The molecule has 1 aromatic heterocycles. The molecule has 1 aliphatic heterocycles. The second kappa shape index (κ2) is 5.77. The van der Waals surface area contributed by atoms with Gasteiger partial charge in [-0.15, -0.1) is 0 Å². The zero-order valence-corrected chi connectivity index (χ0v) is 13.0. The van der Waals surface area contributed by atoms with Crippen LogP contribution in [0.2, 0.25) is 0 Å². The van der Waals surface area contributed by atoms with E-state index in [9.17, 15) is 4.79 Å². The van der Waals surface area contributed by atoms with Crippen LogP contribution in [0.1, 0.15) is 21.7 Å². The Kier molecular flexibility index (Phi) is 3.83. The van der Waals surface area contributed by atoms with E-state index >= 15 is 0 Å². The predicted molar refractivity (Wildman–Crippen MR) is 79.6 cm³/mol. The van der Waals surface area contributed by atoms with E-state index in [1.165, 1.54) is 0 Å². The van der Waals surface area contributed by atoms with Crippen LogP contribution < -0.4 is 14.8 Å². The average molecular weight is 352 g/mol. The summed E-state index contributed by atoms with van der Waals surface area (Å²) >= 11 is 3.45. The van der Waals surface area contributed by atoms with E-state index in [2.05, 4.69) is 31.4 Å². The lowest BCUT2D eigenvalue weighted by Gasteiger charge is -2.20. The number of aromatic amines is 1. The molecule has 6 nitrogen and oxygen atoms in total. The zero-order chi connectivity index (χ0) is 14.8. The van der Waals surface area contributed by atoms with Gasteiger partial charge >= 0.3 is 0 Å². The fraction of sp³-hybridized carbons (Fsp3) is 0.286. The molecular formula is C14H14BrN3O3. The average Bonchev–Trinajstić information content (AvgIpc) is 2.91. The summed E-state index contributed by atoms with van der Waals surface area (Å²) in [7, 11) is 0. The third-order valence-electron chi connectivity index (χ3n) is 3.05. The third-order valence-corrected chi connectivity index (χ3v) is 3.64. The van der Waals surface area contributed by atoms with Gasteiger partial charge in [-0.05, 0) is 46.6 Å². The zero-order valence-electron chi connectivity index (χ0n) is 11.4. The molecule has 0 spiro atoms. The molecule has 0 fully saturated rings. The molecule has 0 unspecified atom stereocenters. The van der Waals surface area contributed by atoms with Gasteiger partial charge in [0.15, 0.2) is 11.5 Å². The van der Waals surface area contributed by atoms with Gasteiger partial charge in [0.1, 0.15) is 18.9 Å². The number of rotatable bonds is 3. The van der Waals surface area contributed by atoms with Crippen molar-refractivity contribution in [3.63, 3.8) is 0 Å². The first-order chi connectivity index (χ1) is 10.1. The molecule has 1 amide bonds. The van der Waals surface area contributed by atoms with Crippen LogP contribution in [0.25, 0.3) is 0 Å². The minimum absolute atomic E-state index is 0.217. The Morgan fingerprint density at radius 1 is 1.38 bits per heavy atom. The highest BCUT2D eigenvalue weighted by atomic mass is 79.9. The van der Waals surface area contributed by atoms with Gasteiger partial charge in [-0.1, -0.05) is 0 Å². The molecule has 7 heteroatoms. The summed E-state index contributed by atoms with van der Waals surface area (Å²) in [5.41, 5.74) is 2.15. The second-order valence-electron chi connectivity index (χ2n) is 4.72. The van der Waals surface area contributed by atoms with Crippen molar-refractivity contribution in [2.45, 2.75) is 13.5 Å². The lowest BCUT2D eigenvalue weighted by atomic mass is 10.2. The van der Waals surface area contributed by atoms with Crippen molar-refractivity contribution in [2.75, 3.05) is 13.2 Å². The lowest BCUT2D eigenvalue weighted by molar-refractivity contribution is 0.0945. The molecule has 2 aromatic rings. The second-order valence-corrected chi connectivity index (χ2v) is 5.58. The van der Waals surface area contributed by atoms with Gasteiger partial charge in [0.05, 0.1) is 4.47 Å². The summed E-state index contributed by atoms with van der Waals surface area (Å²) in [6.07, 6.45) is 0. The maximum absolute atomic E-state index is 11.9. The molecule has 0 atom stereocenters. The van der Waals surface area contributed by atoms with Crippen molar-refractivity contribution in [1.82, 2.24) is 15.5 Å². The number of aryl methyl sites for hydroxylation is 1. The van der Waals surface area contributed by atoms with Crippen molar-refractivity contribution in [3.05, 3.63) is 39.6 Å². The molecule has 0 saturated heterocycles. The van der Waals surface area contributed by atoms with Gasteiger partial charge in [-0.2, -0.15) is 5.10 Å². The monoisotopic (exact) mass is 351 g/mol. The van der Waals surface area contributed by atoms with Crippen LogP contribution in [-0.4, -0.2) is 29.3 Å². The van der Waals surface area contributed by atoms with E-state index in [0.717, 1.165) is 15.7 Å². The van der Waals surface area contributed by atoms with Gasteiger partial charge in [0.25, 0.3) is 5.91 Å². The van der Waals surface area contributed by atoms with Gasteiger partial charge in [0, 0.05) is 12.2 Å². The molecule has 3 rings (SSSR count). The van der Waals surface area contributed by atoms with Crippen LogP contribution >= 0.6 is 15.9 Å². The number of carbonyl (C=O) groups is 1. The van der Waals surface area contributed by atoms with Crippen LogP contribution in [0.4, 0.5) is 0 Å². The topological polar surface area (TPSA) is 76.2 Å². The molecule has 0 saturated carbocycles. The molecule has 0 bridgehead atoms. The number of aromatic nitrogens is 2. The largest absolute Gasteiger partial charge is 0.486 e. The maximum atomic E-state index is 11.9. The van der Waals surface area contributed by atoms with E-state index in [1.807, 2.05) is 19.1 Å². The Labute approximate surface area is 130 Å². The summed E-state index contributed by atoms with van der Waals surface area (Å²) < 4.78 is 11.9. The number of benzene rings is 1. The quantitative estimate of drug-likeness (QED) is 0.888. The Balaban J connectivity index is 1.71. The number of fused-ring (bicyclic) bond motifs is 1. The van der Waals surface area contributed by atoms with Gasteiger partial charge in [-0.3, -0.25) is 9.89 Å². The first-order valence-electron chi connectivity index (χ1n) is 6.52. The first kappa shape index (κ1) is 13.9. The molecular weight excluding hydrogens is 338 g/mol. The van der Waals surface area contributed by atoms with Crippen LogP contribution in [0.15, 0.2) is 22.7 Å². The SMILES string of the molecule is Cc1cc(C(=O)NCc2cc(Br)c3c(c2)OCCO3)n[nH]1. The number of hydrogen-bond donors (Lipinski definition) is 2. The van der Waals surface area contributed by atoms with E-state index < -0.39 is 0 Å². The molecule has 0 radical (unpaired) electrons. The first-order valence-corrected chi connectivity index (χ1v) is 7.31. The number of nitrogens with one attached hydrogen (secondary N) is 2. The number of ether oxygens (including phenoxy) is 2. The molecule has 110 valence electrons. The van der Waals surface area contributed by atoms with Crippen LogP contribution in [0.3, 0.4) is 0 Å². The Morgan fingerprint density at radius 2 is 2.19 bits per heavy atom. The minimum Gasteiger partial charge on any atom is -0.486 e. The number of H-pyrrole nitrogens is 1. The molecule has 1 aromatic carbocycles. The number of amides is 1. The summed E-state index contributed by atoms with van der Waals surface area (Å²) in [5.74, 6) is 1.18. The van der Waals surface area contributed by atoms with E-state index in [4.69, 9.17) is 9.47 Å². The normalized spacial score (nSPS) is 13.0. The van der Waals surface area contributed by atoms with Gasteiger partial charge in [-0.25, -0.2) is 0 Å². The van der Waals surface area contributed by atoms with Crippen molar-refractivity contribution in [3.8, 4) is 11.5 Å². The van der Waals surface area contributed by atoms with Crippen molar-refractivity contribution >= 4 is 21.8 Å². The summed E-state index contributed by atoms with van der Waals surface area (Å²) in [4.78, 5) is 11.9. The molecule has 2 heterocycles. The summed E-state index contributed by atoms with van der Waals surface area (Å²) in [5, 5.41) is 9.49. The van der Waals surface area contributed by atoms with E-state index in [0.29, 0.717) is 37.0 Å². The summed E-state index contributed by atoms with van der Waals surface area (Å²) in [6, 6.07) is 5.48. The molecule has 1 aliphatic rings. The summed E-state index contributed by atoms with van der Waals surface area (Å²) in [6.45, 7) is 3.31. The number of halogens is 1. The smallest absolute Gasteiger partial charge is 0.272 e. The van der Waals surface area contributed by atoms with Crippen LogP contribution in [0.5, 0.6) is 11.5 Å². The van der Waals surface area contributed by atoms with Crippen LogP contribution in [-0.2, 0) is 6.54 Å². The van der Waals surface area contributed by atoms with Gasteiger partial charge in [0.2, 0.25) is 0 Å². The number of carbonyl (C=O) groups excluding carboxylic acids is 1. The van der Waals surface area contributed by atoms with Crippen LogP contribution in [0, 0.1) is 6.92 Å². The number of nitrogens with zero attached hydrogens (tertiary/aromatic N) is 1.